The first kappa shape index (κ1) is 67.9. The summed E-state index contributed by atoms with van der Waals surface area (Å²) in [7, 11) is 3.23. The maximum atomic E-state index is 14.8. The highest BCUT2D eigenvalue weighted by molar-refractivity contribution is 5.94. The van der Waals surface area contributed by atoms with Crippen molar-refractivity contribution in [1.82, 2.24) is 35.1 Å². The fourth-order valence-electron chi connectivity index (χ4n) is 11.0. The summed E-state index contributed by atoms with van der Waals surface area (Å²) < 4.78 is 16.5. The van der Waals surface area contributed by atoms with Gasteiger partial charge in [-0.3, -0.25) is 19.2 Å². The van der Waals surface area contributed by atoms with Crippen LogP contribution in [0.1, 0.15) is 135 Å². The minimum Gasteiger partial charge on any atom is -0.496 e. The SMILES string of the molecule is [C-]#[N+]c1ccccc1-c1cnc([C@H](C)N(Cc2ccc(OC)c(C)c2)C(=O)[C@@H](N)Cc2c(C)cc(C(N)=O)cc2C)[nH]1.[C-]#[N+]c1ccccc1-c1cnc([C@H](C)N(Cc2ccc(OC)c(C)c2)C(=O)[C@H](Cc2c(C)cc(C(N)=O)cc2C)NC(=O)OC(C)(C)C)[nH]1. The molecule has 0 aliphatic rings. The maximum Gasteiger partial charge on any atom is 0.408 e. The number of imidazole rings is 2. The van der Waals surface area contributed by atoms with E-state index in [0.717, 1.165) is 72.7 Å². The summed E-state index contributed by atoms with van der Waals surface area (Å²) in [5.74, 6) is 0.900. The summed E-state index contributed by atoms with van der Waals surface area (Å²) in [6, 6.07) is 29.9. The van der Waals surface area contributed by atoms with E-state index in [1.165, 1.54) is 0 Å². The van der Waals surface area contributed by atoms with E-state index in [9.17, 15) is 24.0 Å². The Bertz CT molecular complexity index is 4040. The number of nitrogens with one attached hydrogen (secondary N) is 3. The van der Waals surface area contributed by atoms with E-state index < -0.39 is 47.7 Å². The molecule has 2 heterocycles. The second-order valence-electron chi connectivity index (χ2n) is 23.6. The summed E-state index contributed by atoms with van der Waals surface area (Å²) in [4.78, 5) is 92.3. The lowest BCUT2D eigenvalue weighted by Crippen LogP contribution is -2.51. The first-order valence-corrected chi connectivity index (χ1v) is 29.6. The van der Waals surface area contributed by atoms with Crippen LogP contribution in [0.2, 0.25) is 0 Å². The zero-order valence-corrected chi connectivity index (χ0v) is 53.9. The number of para-hydroxylation sites is 2. The smallest absolute Gasteiger partial charge is 0.408 e. The van der Waals surface area contributed by atoms with Crippen LogP contribution in [0.5, 0.6) is 11.5 Å². The van der Waals surface area contributed by atoms with E-state index in [1.807, 2.05) is 122 Å². The van der Waals surface area contributed by atoms with Crippen LogP contribution in [0.4, 0.5) is 16.2 Å². The molecule has 0 fully saturated rings. The van der Waals surface area contributed by atoms with Crippen LogP contribution in [-0.2, 0) is 40.3 Å². The molecule has 20 heteroatoms. The molecule has 9 N–H and O–H groups in total. The number of benzene rings is 6. The van der Waals surface area contributed by atoms with Crippen LogP contribution in [-0.4, -0.2) is 91.4 Å². The van der Waals surface area contributed by atoms with Gasteiger partial charge in [0.2, 0.25) is 23.6 Å². The van der Waals surface area contributed by atoms with E-state index in [2.05, 4.69) is 34.9 Å². The van der Waals surface area contributed by atoms with Crippen molar-refractivity contribution in [3.8, 4) is 34.0 Å². The number of methoxy groups -OCH3 is 2. The number of nitrogens with zero attached hydrogens (tertiary/aromatic N) is 6. The van der Waals surface area contributed by atoms with Crippen molar-refractivity contribution in [3.63, 3.8) is 0 Å². The zero-order valence-electron chi connectivity index (χ0n) is 53.9. The summed E-state index contributed by atoms with van der Waals surface area (Å²) in [6.07, 6.45) is 3.02. The average Bonchev–Trinajstić information content (AvgIpc) is 2.02. The average molecular weight is 1230 g/mol. The number of aromatic amines is 2. The van der Waals surface area contributed by atoms with Gasteiger partial charge in [0.05, 0.1) is 69.3 Å². The standard InChI is InChI=1S/C38H44N6O5.C33H36N6O3/c1-22-17-27(34(39)45)18-23(2)29(22)19-31(43-37(47)49-38(5,6)7)36(46)44(21-26-14-15-33(48-9)24(3)16-26)25(4)35-41-20-32(42-35)28-12-10-11-13-30(28)40-8;1-19-14-24(31(35)40)15-20(2)26(19)16-27(34)33(41)39(18-23-11-12-30(42-6)21(3)13-23)22(4)32-37-17-29(38-32)25-9-7-8-10-28(25)36-5/h10-18,20,25,31H,19,21H2,1-7,9H3,(H2,39,45)(H,41,42)(H,43,47);7-15,17,22,27H,16,18,34H2,1-4,6H3,(H2,35,40)(H,37,38)/t25-,31-;22-,27-/m00/s1. The molecule has 0 unspecified atom stereocenters. The zero-order chi connectivity index (χ0) is 66.6. The highest BCUT2D eigenvalue weighted by atomic mass is 16.6. The van der Waals surface area contributed by atoms with Crippen LogP contribution in [0, 0.1) is 54.7 Å². The maximum absolute atomic E-state index is 14.8. The summed E-state index contributed by atoms with van der Waals surface area (Å²) in [6.45, 7) is 36.0. The molecular weight excluding hydrogens is 1150 g/mol. The number of rotatable bonds is 21. The number of carbonyl (C=O) groups is 5. The fraction of sp³-hybridized carbons (Fsp3) is 0.310. The molecule has 0 spiro atoms. The Labute approximate surface area is 532 Å². The van der Waals surface area contributed by atoms with Gasteiger partial charge in [-0.25, -0.2) is 24.5 Å². The molecule has 0 radical (unpaired) electrons. The molecule has 8 rings (SSSR count). The van der Waals surface area contributed by atoms with E-state index in [-0.39, 0.29) is 24.8 Å². The number of aryl methyl sites for hydroxylation is 6. The Kier molecular flexibility index (Phi) is 22.1. The lowest BCUT2D eigenvalue weighted by Gasteiger charge is -2.33. The number of ether oxygens (including phenoxy) is 3. The Morgan fingerprint density at radius 1 is 0.582 bits per heavy atom. The lowest BCUT2D eigenvalue weighted by atomic mass is 9.93. The molecule has 472 valence electrons. The van der Waals surface area contributed by atoms with Crippen molar-refractivity contribution in [1.29, 1.82) is 0 Å². The Balaban J connectivity index is 0.000000261. The molecule has 4 atom stereocenters. The van der Waals surface area contributed by atoms with Gasteiger partial charge >= 0.3 is 6.09 Å². The van der Waals surface area contributed by atoms with E-state index in [4.69, 9.17) is 44.6 Å². The number of carbonyl (C=O) groups excluding carboxylic acids is 5. The van der Waals surface area contributed by atoms with Crippen molar-refractivity contribution >= 4 is 41.1 Å². The minimum absolute atomic E-state index is 0.126. The number of alkyl carbamates (subject to hydrolysis) is 1. The monoisotopic (exact) mass is 1230 g/mol. The highest BCUT2D eigenvalue weighted by Gasteiger charge is 2.34. The predicted molar refractivity (Wildman–Crippen MR) is 351 cm³/mol. The molecule has 0 aliphatic heterocycles. The van der Waals surface area contributed by atoms with Gasteiger partial charge in [-0.15, -0.1) is 0 Å². The second kappa shape index (κ2) is 29.6. The van der Waals surface area contributed by atoms with E-state index >= 15 is 0 Å². The Morgan fingerprint density at radius 3 is 1.35 bits per heavy atom. The lowest BCUT2D eigenvalue weighted by molar-refractivity contribution is -0.137. The van der Waals surface area contributed by atoms with E-state index in [0.29, 0.717) is 64.1 Å². The molecule has 6 aromatic carbocycles. The molecule has 91 heavy (non-hydrogen) atoms. The Hall–Kier alpha value is -10.6. The highest BCUT2D eigenvalue weighted by Crippen LogP contribution is 2.34. The van der Waals surface area contributed by atoms with Gasteiger partial charge in [0.1, 0.15) is 34.8 Å². The number of primary amides is 2. The fourth-order valence-corrected chi connectivity index (χ4v) is 11.0. The van der Waals surface area contributed by atoms with Crippen LogP contribution in [0.15, 0.2) is 122 Å². The largest absolute Gasteiger partial charge is 0.496 e. The Morgan fingerprint density at radius 2 is 0.978 bits per heavy atom. The van der Waals surface area contributed by atoms with Gasteiger partial charge < -0.3 is 56.5 Å². The molecule has 0 saturated carbocycles. The van der Waals surface area contributed by atoms with Crippen LogP contribution in [0.25, 0.3) is 32.2 Å². The quantitative estimate of drug-likeness (QED) is 0.0368. The topological polar surface area (TPSA) is 276 Å². The third kappa shape index (κ3) is 16.8. The van der Waals surface area contributed by atoms with Gasteiger partial charge in [-0.1, -0.05) is 72.8 Å². The third-order valence-corrected chi connectivity index (χ3v) is 15.8. The van der Waals surface area contributed by atoms with E-state index in [1.54, 1.807) is 99.6 Å². The predicted octanol–water partition coefficient (Wildman–Crippen LogP) is 12.2. The number of amides is 5. The first-order chi connectivity index (χ1) is 43.1. The second-order valence-corrected chi connectivity index (χ2v) is 23.6. The van der Waals surface area contributed by atoms with Gasteiger partial charge in [-0.05, 0) is 175 Å². The van der Waals surface area contributed by atoms with Gasteiger partial charge in [0, 0.05) is 41.8 Å². The number of H-pyrrole nitrogens is 2. The number of nitrogens with two attached hydrogens (primary N) is 3. The molecular formula is C71H80N12O8. The summed E-state index contributed by atoms with van der Waals surface area (Å²) >= 11 is 0. The third-order valence-electron chi connectivity index (χ3n) is 15.8. The summed E-state index contributed by atoms with van der Waals surface area (Å²) in [5, 5.41) is 2.83. The van der Waals surface area contributed by atoms with Crippen molar-refractivity contribution in [2.24, 2.45) is 17.2 Å². The molecule has 0 saturated heterocycles. The number of hydrogen-bond donors (Lipinski definition) is 6. The molecule has 5 amide bonds. The van der Waals surface area contributed by atoms with Gasteiger partial charge in [0.15, 0.2) is 11.4 Å². The van der Waals surface area contributed by atoms with Crippen molar-refractivity contribution < 1.29 is 38.2 Å². The van der Waals surface area contributed by atoms with Gasteiger partial charge in [0.25, 0.3) is 0 Å². The first-order valence-electron chi connectivity index (χ1n) is 29.6. The van der Waals surface area contributed by atoms with Crippen molar-refractivity contribution in [3.05, 3.63) is 223 Å². The molecule has 0 aliphatic carbocycles. The minimum atomic E-state index is -1.05. The van der Waals surface area contributed by atoms with Crippen LogP contribution < -0.4 is 32.0 Å². The van der Waals surface area contributed by atoms with Gasteiger partial charge in [-0.2, -0.15) is 0 Å². The van der Waals surface area contributed by atoms with Crippen LogP contribution in [0.3, 0.4) is 0 Å². The van der Waals surface area contributed by atoms with Crippen molar-refractivity contribution in [2.75, 3.05) is 14.2 Å². The normalized spacial score (nSPS) is 12.4. The molecule has 0 bridgehead atoms. The number of aromatic nitrogens is 4. The van der Waals surface area contributed by atoms with Crippen LogP contribution >= 0.6 is 0 Å². The number of hydrogen-bond acceptors (Lipinski definition) is 11. The molecule has 2 aromatic heterocycles. The molecule has 8 aromatic rings. The summed E-state index contributed by atoms with van der Waals surface area (Å²) in [5.41, 5.74) is 29.9. The van der Waals surface area contributed by atoms with Crippen molar-refractivity contribution in [2.45, 2.75) is 132 Å². The molecule has 20 nitrogen and oxygen atoms in total.